The third-order valence-electron chi connectivity index (χ3n) is 4.88. The van der Waals surface area contributed by atoms with Crippen LogP contribution >= 0.6 is 0 Å². The Labute approximate surface area is 169 Å². The number of carbonyl (C=O) groups excluding carboxylic acids is 1. The summed E-state index contributed by atoms with van der Waals surface area (Å²) in [4.78, 5) is 15.1. The molecule has 0 spiro atoms. The van der Waals surface area contributed by atoms with Crippen LogP contribution in [0.1, 0.15) is 29.0 Å². The number of ether oxygens (including phenoxy) is 2. The van der Waals surface area contributed by atoms with Crippen molar-refractivity contribution in [1.82, 2.24) is 0 Å². The van der Waals surface area contributed by atoms with Crippen LogP contribution in [0, 0.1) is 0 Å². The van der Waals surface area contributed by atoms with Gasteiger partial charge in [-0.15, -0.1) is 0 Å². The molecule has 3 aromatic carbocycles. The van der Waals surface area contributed by atoms with Crippen LogP contribution in [0.3, 0.4) is 0 Å². The summed E-state index contributed by atoms with van der Waals surface area (Å²) < 4.78 is 10.8. The van der Waals surface area contributed by atoms with Gasteiger partial charge in [0.25, 0.3) is 5.91 Å². The van der Waals surface area contributed by atoms with E-state index in [1.54, 1.807) is 48.4 Å². The number of nitrogens with zero attached hydrogens (tertiary/aromatic N) is 1. The number of anilines is 2. The van der Waals surface area contributed by atoms with Crippen LogP contribution in [-0.4, -0.2) is 24.7 Å². The molecule has 6 heteroatoms. The highest BCUT2D eigenvalue weighted by molar-refractivity contribution is 6.12. The number of methoxy groups -OCH3 is 1. The van der Waals surface area contributed by atoms with Crippen LogP contribution in [0.4, 0.5) is 11.4 Å². The molecule has 0 bridgehead atoms. The van der Waals surface area contributed by atoms with Gasteiger partial charge < -0.3 is 19.9 Å². The van der Waals surface area contributed by atoms with E-state index in [4.69, 9.17) is 9.47 Å². The Kier molecular flexibility index (Phi) is 4.99. The lowest BCUT2D eigenvalue weighted by molar-refractivity contribution is 0.0974. The van der Waals surface area contributed by atoms with Gasteiger partial charge in [0.05, 0.1) is 19.3 Å². The molecule has 4 rings (SSSR count). The van der Waals surface area contributed by atoms with E-state index in [1.807, 2.05) is 37.3 Å². The fourth-order valence-electron chi connectivity index (χ4n) is 3.49. The summed E-state index contributed by atoms with van der Waals surface area (Å²) in [6, 6.07) is 19.6. The Hall–Kier alpha value is -3.67. The number of fused-ring (bicyclic) bond motifs is 1. The zero-order chi connectivity index (χ0) is 20.4. The zero-order valence-electron chi connectivity index (χ0n) is 16.3. The Bertz CT molecular complexity index is 1030. The number of hydrogen-bond acceptors (Lipinski definition) is 5. The summed E-state index contributed by atoms with van der Waals surface area (Å²) in [6.45, 7) is 2.40. The van der Waals surface area contributed by atoms with Crippen LogP contribution in [0.2, 0.25) is 0 Å². The van der Waals surface area contributed by atoms with Gasteiger partial charge in [-0.1, -0.05) is 12.1 Å². The maximum absolute atomic E-state index is 13.4. The van der Waals surface area contributed by atoms with E-state index in [0.29, 0.717) is 40.6 Å². The first-order valence-electron chi connectivity index (χ1n) is 9.41. The van der Waals surface area contributed by atoms with Crippen LogP contribution in [0.5, 0.6) is 17.2 Å². The van der Waals surface area contributed by atoms with Gasteiger partial charge >= 0.3 is 0 Å². The van der Waals surface area contributed by atoms with E-state index < -0.39 is 6.17 Å². The number of rotatable bonds is 5. The molecule has 0 saturated heterocycles. The molecule has 1 aliphatic heterocycles. The molecule has 148 valence electrons. The predicted molar refractivity (Wildman–Crippen MR) is 112 cm³/mol. The molecule has 2 N–H and O–H groups in total. The largest absolute Gasteiger partial charge is 0.508 e. The molecule has 0 aliphatic carbocycles. The van der Waals surface area contributed by atoms with Crippen LogP contribution in [0.15, 0.2) is 66.7 Å². The topological polar surface area (TPSA) is 71.0 Å². The molecule has 0 radical (unpaired) electrons. The van der Waals surface area contributed by atoms with Gasteiger partial charge in [-0.3, -0.25) is 9.69 Å². The SMILES string of the molecule is CCOc1ccc(O)c(C2Nc3ccccc3C(=O)N2c2ccc(OC)cc2)c1. The molecule has 3 aromatic rings. The van der Waals surface area contributed by atoms with Crippen LogP contribution in [-0.2, 0) is 0 Å². The number of phenolic OH excluding ortho intramolecular Hbond substituents is 1. The Morgan fingerprint density at radius 2 is 1.76 bits per heavy atom. The summed E-state index contributed by atoms with van der Waals surface area (Å²) in [6.07, 6.45) is -0.605. The van der Waals surface area contributed by atoms with E-state index in [9.17, 15) is 9.90 Å². The second-order valence-corrected chi connectivity index (χ2v) is 6.62. The van der Waals surface area contributed by atoms with Crippen molar-refractivity contribution in [2.75, 3.05) is 23.9 Å². The normalized spacial score (nSPS) is 15.4. The van der Waals surface area contributed by atoms with Crippen molar-refractivity contribution in [3.8, 4) is 17.2 Å². The van der Waals surface area contributed by atoms with Gasteiger partial charge in [-0.2, -0.15) is 0 Å². The molecule has 1 unspecified atom stereocenters. The summed E-state index contributed by atoms with van der Waals surface area (Å²) in [5, 5.41) is 14.0. The molecular formula is C23H22N2O4. The predicted octanol–water partition coefficient (Wildman–Crippen LogP) is 4.57. The number of carbonyl (C=O) groups is 1. The molecule has 6 nitrogen and oxygen atoms in total. The number of phenols is 1. The Morgan fingerprint density at radius 1 is 1.03 bits per heavy atom. The van der Waals surface area contributed by atoms with Gasteiger partial charge in [0.2, 0.25) is 0 Å². The highest BCUT2D eigenvalue weighted by atomic mass is 16.5. The zero-order valence-corrected chi connectivity index (χ0v) is 16.3. The molecular weight excluding hydrogens is 368 g/mol. The average molecular weight is 390 g/mol. The smallest absolute Gasteiger partial charge is 0.262 e. The minimum atomic E-state index is -0.605. The van der Waals surface area contributed by atoms with E-state index in [1.165, 1.54) is 0 Å². The van der Waals surface area contributed by atoms with Crippen LogP contribution in [0.25, 0.3) is 0 Å². The van der Waals surface area contributed by atoms with Crippen molar-refractivity contribution < 1.29 is 19.4 Å². The number of hydrogen-bond donors (Lipinski definition) is 2. The third kappa shape index (κ3) is 3.45. The molecule has 0 aromatic heterocycles. The van der Waals surface area contributed by atoms with Crippen molar-refractivity contribution in [1.29, 1.82) is 0 Å². The van der Waals surface area contributed by atoms with Gasteiger partial charge in [-0.05, 0) is 61.5 Å². The number of aromatic hydroxyl groups is 1. The molecule has 29 heavy (non-hydrogen) atoms. The highest BCUT2D eigenvalue weighted by Gasteiger charge is 2.35. The molecule has 1 atom stereocenters. The lowest BCUT2D eigenvalue weighted by atomic mass is 10.0. The number of amides is 1. The maximum Gasteiger partial charge on any atom is 0.262 e. The van der Waals surface area contributed by atoms with Gasteiger partial charge in [-0.25, -0.2) is 0 Å². The van der Waals surface area contributed by atoms with Crippen LogP contribution < -0.4 is 19.7 Å². The highest BCUT2D eigenvalue weighted by Crippen LogP contribution is 2.40. The summed E-state index contributed by atoms with van der Waals surface area (Å²) in [5.74, 6) is 1.25. The Morgan fingerprint density at radius 3 is 2.48 bits per heavy atom. The first-order valence-corrected chi connectivity index (χ1v) is 9.41. The third-order valence-corrected chi connectivity index (χ3v) is 4.88. The van der Waals surface area contributed by atoms with Gasteiger partial charge in [0.1, 0.15) is 23.4 Å². The van der Waals surface area contributed by atoms with Crippen molar-refractivity contribution in [2.24, 2.45) is 0 Å². The number of nitrogens with one attached hydrogen (secondary N) is 1. The van der Waals surface area contributed by atoms with Gasteiger partial charge in [0.15, 0.2) is 0 Å². The monoisotopic (exact) mass is 390 g/mol. The van der Waals surface area contributed by atoms with Crippen molar-refractivity contribution in [3.63, 3.8) is 0 Å². The first-order chi connectivity index (χ1) is 14.1. The second kappa shape index (κ2) is 7.75. The quantitative estimate of drug-likeness (QED) is 0.668. The molecule has 1 aliphatic rings. The lowest BCUT2D eigenvalue weighted by Gasteiger charge is -2.38. The Balaban J connectivity index is 1.85. The maximum atomic E-state index is 13.4. The summed E-state index contributed by atoms with van der Waals surface area (Å²) in [7, 11) is 1.60. The van der Waals surface area contributed by atoms with Crippen molar-refractivity contribution in [3.05, 3.63) is 77.9 Å². The second-order valence-electron chi connectivity index (χ2n) is 6.62. The first kappa shape index (κ1) is 18.7. The van der Waals surface area contributed by atoms with E-state index in [-0.39, 0.29) is 11.7 Å². The van der Waals surface area contributed by atoms with Gasteiger partial charge in [0, 0.05) is 16.9 Å². The fourth-order valence-corrected chi connectivity index (χ4v) is 3.49. The van der Waals surface area contributed by atoms with E-state index in [2.05, 4.69) is 5.32 Å². The number of benzene rings is 3. The van der Waals surface area contributed by atoms with E-state index >= 15 is 0 Å². The average Bonchev–Trinajstić information content (AvgIpc) is 2.75. The van der Waals surface area contributed by atoms with Crippen molar-refractivity contribution in [2.45, 2.75) is 13.1 Å². The molecule has 0 saturated carbocycles. The molecule has 1 heterocycles. The molecule has 1 amide bonds. The molecule has 0 fully saturated rings. The van der Waals surface area contributed by atoms with E-state index in [0.717, 1.165) is 0 Å². The summed E-state index contributed by atoms with van der Waals surface area (Å²) >= 11 is 0. The van der Waals surface area contributed by atoms with Crippen molar-refractivity contribution >= 4 is 17.3 Å². The standard InChI is InChI=1S/C23H22N2O4/c1-3-29-17-12-13-21(26)19(14-17)22-24-20-7-5-4-6-18(20)23(27)25(22)15-8-10-16(28-2)11-9-15/h4-14,22,24,26H,3H2,1-2H3. The fraction of sp³-hybridized carbons (Fsp3) is 0.174. The summed E-state index contributed by atoms with van der Waals surface area (Å²) in [5.41, 5.74) is 2.52. The lowest BCUT2D eigenvalue weighted by Crippen LogP contribution is -2.43. The minimum Gasteiger partial charge on any atom is -0.508 e. The number of para-hydroxylation sites is 1. The minimum absolute atomic E-state index is 0.0802.